The topological polar surface area (TPSA) is 21.3 Å². The molecule has 1 aliphatic carbocycles. The van der Waals surface area contributed by atoms with E-state index in [2.05, 4.69) is 29.6 Å². The first-order valence-electron chi connectivity index (χ1n) is 6.77. The Hall–Kier alpha value is -0.860. The zero-order valence-corrected chi connectivity index (χ0v) is 10.5. The van der Waals surface area contributed by atoms with E-state index in [1.807, 2.05) is 6.07 Å². The normalized spacial score (nSPS) is 15.8. The van der Waals surface area contributed by atoms with Crippen LogP contribution in [0.2, 0.25) is 0 Å². The zero-order valence-electron chi connectivity index (χ0n) is 10.5. The molecule has 0 bridgehead atoms. The Morgan fingerprint density at radius 2 is 1.94 bits per heavy atom. The van der Waals surface area contributed by atoms with Crippen molar-refractivity contribution >= 4 is 0 Å². The van der Waals surface area contributed by atoms with Crippen LogP contribution in [0.25, 0.3) is 0 Å². The van der Waals surface area contributed by atoms with Crippen molar-refractivity contribution in [1.82, 2.24) is 5.32 Å². The van der Waals surface area contributed by atoms with Crippen molar-refractivity contribution < 1.29 is 4.74 Å². The molecule has 1 fully saturated rings. The lowest BCUT2D eigenvalue weighted by Crippen LogP contribution is -2.24. The fraction of sp³-hybridized carbons (Fsp3) is 0.600. The number of ether oxygens (including phenoxy) is 1. The van der Waals surface area contributed by atoms with Crippen molar-refractivity contribution in [3.63, 3.8) is 0 Å². The summed E-state index contributed by atoms with van der Waals surface area (Å²) < 4.78 is 5.60. The maximum Gasteiger partial charge on any atom is 0.0717 e. The molecule has 0 heterocycles. The fourth-order valence-corrected chi connectivity index (χ4v) is 2.12. The number of rotatable bonds is 8. The Morgan fingerprint density at radius 1 is 1.12 bits per heavy atom. The quantitative estimate of drug-likeness (QED) is 0.697. The molecule has 0 saturated heterocycles. The summed E-state index contributed by atoms with van der Waals surface area (Å²) in [5, 5.41) is 3.45. The van der Waals surface area contributed by atoms with Gasteiger partial charge in [0.05, 0.1) is 13.2 Å². The molecule has 1 N–H and O–H groups in total. The maximum atomic E-state index is 5.60. The average molecular weight is 233 g/mol. The molecule has 17 heavy (non-hydrogen) atoms. The zero-order chi connectivity index (χ0) is 11.8. The van der Waals surface area contributed by atoms with E-state index in [1.165, 1.54) is 31.2 Å². The maximum absolute atomic E-state index is 5.60. The largest absolute Gasteiger partial charge is 0.375 e. The third kappa shape index (κ3) is 4.88. The number of hydrogen-bond acceptors (Lipinski definition) is 2. The van der Waals surface area contributed by atoms with Gasteiger partial charge in [0, 0.05) is 6.54 Å². The van der Waals surface area contributed by atoms with Crippen LogP contribution in [0, 0.1) is 5.92 Å². The van der Waals surface area contributed by atoms with E-state index in [4.69, 9.17) is 4.74 Å². The molecule has 2 rings (SSSR count). The number of hydrogen-bond donors (Lipinski definition) is 1. The summed E-state index contributed by atoms with van der Waals surface area (Å²) in [7, 11) is 0. The molecule has 0 unspecified atom stereocenters. The fourth-order valence-electron chi connectivity index (χ4n) is 2.12. The van der Waals surface area contributed by atoms with Crippen LogP contribution in [0.5, 0.6) is 0 Å². The average Bonchev–Trinajstić information content (AvgIpc) is 2.31. The van der Waals surface area contributed by atoms with Gasteiger partial charge in [0.15, 0.2) is 0 Å². The van der Waals surface area contributed by atoms with Crippen molar-refractivity contribution in [3.05, 3.63) is 35.9 Å². The first-order valence-corrected chi connectivity index (χ1v) is 6.77. The Morgan fingerprint density at radius 3 is 2.65 bits per heavy atom. The summed E-state index contributed by atoms with van der Waals surface area (Å²) in [6.07, 6.45) is 5.70. The lowest BCUT2D eigenvalue weighted by atomic mass is 9.83. The number of nitrogens with one attached hydrogen (secondary N) is 1. The van der Waals surface area contributed by atoms with Gasteiger partial charge < -0.3 is 10.1 Å². The molecule has 0 aromatic heterocycles. The second kappa shape index (κ2) is 7.46. The van der Waals surface area contributed by atoms with E-state index in [0.29, 0.717) is 0 Å². The molecule has 0 radical (unpaired) electrons. The van der Waals surface area contributed by atoms with Crippen LogP contribution in [0.1, 0.15) is 31.2 Å². The highest BCUT2D eigenvalue weighted by Gasteiger charge is 2.15. The SMILES string of the molecule is c1ccc(COCCNCCC2CCC2)cc1. The van der Waals surface area contributed by atoms with E-state index in [-0.39, 0.29) is 0 Å². The van der Waals surface area contributed by atoms with Gasteiger partial charge in [-0.1, -0.05) is 49.6 Å². The molecule has 2 nitrogen and oxygen atoms in total. The van der Waals surface area contributed by atoms with E-state index in [9.17, 15) is 0 Å². The van der Waals surface area contributed by atoms with Gasteiger partial charge in [-0.05, 0) is 24.4 Å². The molecule has 1 aromatic carbocycles. The highest BCUT2D eigenvalue weighted by Crippen LogP contribution is 2.28. The summed E-state index contributed by atoms with van der Waals surface area (Å²) in [5.41, 5.74) is 1.25. The summed E-state index contributed by atoms with van der Waals surface area (Å²) >= 11 is 0. The monoisotopic (exact) mass is 233 g/mol. The molecule has 0 amide bonds. The third-order valence-corrected chi connectivity index (χ3v) is 3.49. The van der Waals surface area contributed by atoms with Crippen LogP contribution < -0.4 is 5.32 Å². The van der Waals surface area contributed by atoms with Crippen LogP contribution in [-0.4, -0.2) is 19.7 Å². The third-order valence-electron chi connectivity index (χ3n) is 3.49. The summed E-state index contributed by atoms with van der Waals surface area (Å²) in [6.45, 7) is 3.66. The van der Waals surface area contributed by atoms with Crippen molar-refractivity contribution in [2.24, 2.45) is 5.92 Å². The minimum absolute atomic E-state index is 0.727. The minimum Gasteiger partial charge on any atom is -0.375 e. The molecule has 1 aromatic rings. The first kappa shape index (κ1) is 12.6. The summed E-state index contributed by atoms with van der Waals surface area (Å²) in [5.74, 6) is 1.01. The number of benzene rings is 1. The second-order valence-corrected chi connectivity index (χ2v) is 4.87. The Bertz CT molecular complexity index is 295. The molecular formula is C15H23NO. The molecule has 1 aliphatic rings. The highest BCUT2D eigenvalue weighted by molar-refractivity contribution is 5.13. The van der Waals surface area contributed by atoms with E-state index in [1.54, 1.807) is 0 Å². The standard InChI is InChI=1S/C15H23NO/c1-2-5-15(6-3-1)13-17-12-11-16-10-9-14-7-4-8-14/h1-3,5-6,14,16H,4,7-13H2. The molecule has 1 saturated carbocycles. The molecule has 0 spiro atoms. The van der Waals surface area contributed by atoms with E-state index in [0.717, 1.165) is 32.2 Å². The van der Waals surface area contributed by atoms with Gasteiger partial charge in [0.2, 0.25) is 0 Å². The second-order valence-electron chi connectivity index (χ2n) is 4.87. The van der Waals surface area contributed by atoms with Crippen LogP contribution in [-0.2, 0) is 11.3 Å². The molecule has 0 aliphatic heterocycles. The van der Waals surface area contributed by atoms with Gasteiger partial charge in [-0.25, -0.2) is 0 Å². The van der Waals surface area contributed by atoms with Gasteiger partial charge in [-0.15, -0.1) is 0 Å². The Labute approximate surface area is 104 Å². The molecule has 2 heteroatoms. The van der Waals surface area contributed by atoms with Crippen molar-refractivity contribution in [1.29, 1.82) is 0 Å². The lowest BCUT2D eigenvalue weighted by molar-refractivity contribution is 0.122. The smallest absolute Gasteiger partial charge is 0.0717 e. The predicted molar refractivity (Wildman–Crippen MR) is 70.9 cm³/mol. The molecular weight excluding hydrogens is 210 g/mol. The van der Waals surface area contributed by atoms with E-state index >= 15 is 0 Å². The Balaban J connectivity index is 1.41. The van der Waals surface area contributed by atoms with Gasteiger partial charge in [0.1, 0.15) is 0 Å². The van der Waals surface area contributed by atoms with Gasteiger partial charge >= 0.3 is 0 Å². The molecule has 0 atom stereocenters. The van der Waals surface area contributed by atoms with Crippen LogP contribution in [0.3, 0.4) is 0 Å². The van der Waals surface area contributed by atoms with Gasteiger partial charge in [-0.3, -0.25) is 0 Å². The lowest BCUT2D eigenvalue weighted by Gasteiger charge is -2.25. The van der Waals surface area contributed by atoms with Gasteiger partial charge in [0.25, 0.3) is 0 Å². The predicted octanol–water partition coefficient (Wildman–Crippen LogP) is 2.98. The van der Waals surface area contributed by atoms with Crippen molar-refractivity contribution in [3.8, 4) is 0 Å². The first-order chi connectivity index (χ1) is 8.45. The van der Waals surface area contributed by atoms with Crippen molar-refractivity contribution in [2.75, 3.05) is 19.7 Å². The summed E-state index contributed by atoms with van der Waals surface area (Å²) in [4.78, 5) is 0. The van der Waals surface area contributed by atoms with Crippen molar-refractivity contribution in [2.45, 2.75) is 32.3 Å². The van der Waals surface area contributed by atoms with Crippen LogP contribution >= 0.6 is 0 Å². The highest BCUT2D eigenvalue weighted by atomic mass is 16.5. The summed E-state index contributed by atoms with van der Waals surface area (Å²) in [6, 6.07) is 10.3. The van der Waals surface area contributed by atoms with Crippen LogP contribution in [0.4, 0.5) is 0 Å². The molecule has 94 valence electrons. The minimum atomic E-state index is 0.727. The van der Waals surface area contributed by atoms with Crippen LogP contribution in [0.15, 0.2) is 30.3 Å². The van der Waals surface area contributed by atoms with E-state index < -0.39 is 0 Å². The Kier molecular flexibility index (Phi) is 5.53. The van der Waals surface area contributed by atoms with Gasteiger partial charge in [-0.2, -0.15) is 0 Å².